The van der Waals surface area contributed by atoms with E-state index >= 15 is 0 Å². The molecule has 0 bridgehead atoms. The van der Waals surface area contributed by atoms with Crippen molar-refractivity contribution in [1.82, 2.24) is 0 Å². The minimum atomic E-state index is -0.144. The van der Waals surface area contributed by atoms with Crippen LogP contribution in [-0.2, 0) is 4.79 Å². The van der Waals surface area contributed by atoms with E-state index in [-0.39, 0.29) is 11.2 Å². The maximum absolute atomic E-state index is 12.4. The fourth-order valence-electron chi connectivity index (χ4n) is 2.51. The Labute approximate surface area is 98.9 Å². The highest BCUT2D eigenvalue weighted by molar-refractivity contribution is 6.11. The minimum Gasteiger partial charge on any atom is -0.289 e. The molecule has 1 heteroatoms. The second-order valence-corrected chi connectivity index (χ2v) is 5.30. The average molecular weight is 218 g/mol. The van der Waals surface area contributed by atoms with Gasteiger partial charge < -0.3 is 0 Å². The van der Waals surface area contributed by atoms with Crippen LogP contribution < -0.4 is 0 Å². The van der Waals surface area contributed by atoms with Crippen LogP contribution in [0.5, 0.6) is 0 Å². The monoisotopic (exact) mass is 218 g/mol. The topological polar surface area (TPSA) is 17.1 Å². The Balaban J connectivity index is 3.35. The van der Waals surface area contributed by atoms with E-state index in [9.17, 15) is 4.79 Å². The molecular weight excluding hydrogens is 196 g/mol. The predicted molar refractivity (Wildman–Crippen MR) is 69.3 cm³/mol. The standard InChI is InChI=1S/C15H22O/c1-7-15(6)9-8-12(10(2)3)14(16)13(15)11(4)5/h7H,1,8-9H2,2-6H3/t15-/m1/s1. The molecule has 0 aromatic carbocycles. The molecule has 1 aliphatic carbocycles. The van der Waals surface area contributed by atoms with Gasteiger partial charge in [0.2, 0.25) is 0 Å². The summed E-state index contributed by atoms with van der Waals surface area (Å²) in [5.41, 5.74) is 4.07. The predicted octanol–water partition coefficient (Wildman–Crippen LogP) is 4.21. The van der Waals surface area contributed by atoms with E-state index < -0.39 is 0 Å². The maximum Gasteiger partial charge on any atom is 0.185 e. The molecule has 0 saturated heterocycles. The van der Waals surface area contributed by atoms with Gasteiger partial charge in [-0.25, -0.2) is 0 Å². The lowest BCUT2D eigenvalue weighted by molar-refractivity contribution is -0.114. The lowest BCUT2D eigenvalue weighted by Gasteiger charge is -2.35. The van der Waals surface area contributed by atoms with E-state index in [0.29, 0.717) is 0 Å². The molecule has 1 atom stereocenters. The smallest absolute Gasteiger partial charge is 0.185 e. The molecule has 0 aromatic heterocycles. The molecule has 88 valence electrons. The van der Waals surface area contributed by atoms with Gasteiger partial charge in [-0.1, -0.05) is 24.1 Å². The normalized spacial score (nSPS) is 25.7. The zero-order valence-corrected chi connectivity index (χ0v) is 11.1. The van der Waals surface area contributed by atoms with Crippen LogP contribution in [-0.4, -0.2) is 5.78 Å². The van der Waals surface area contributed by atoms with Gasteiger partial charge in [0.15, 0.2) is 5.78 Å². The zero-order chi connectivity index (χ0) is 12.5. The number of Topliss-reactive ketones (excluding diaryl/α,β-unsaturated/α-hetero) is 1. The Morgan fingerprint density at radius 2 is 1.81 bits per heavy atom. The largest absolute Gasteiger partial charge is 0.289 e. The number of rotatable bonds is 1. The Kier molecular flexibility index (Phi) is 3.57. The molecule has 0 heterocycles. The highest BCUT2D eigenvalue weighted by atomic mass is 16.1. The molecule has 0 aliphatic heterocycles. The van der Waals surface area contributed by atoms with Gasteiger partial charge in [-0.2, -0.15) is 0 Å². The van der Waals surface area contributed by atoms with Crippen LogP contribution in [0.15, 0.2) is 34.9 Å². The maximum atomic E-state index is 12.4. The van der Waals surface area contributed by atoms with Crippen molar-refractivity contribution in [3.8, 4) is 0 Å². The van der Waals surface area contributed by atoms with Crippen molar-refractivity contribution in [2.75, 3.05) is 0 Å². The molecule has 1 saturated carbocycles. The van der Waals surface area contributed by atoms with Gasteiger partial charge in [-0.05, 0) is 46.1 Å². The lowest BCUT2D eigenvalue weighted by Crippen LogP contribution is -2.30. The van der Waals surface area contributed by atoms with Crippen LogP contribution in [0.25, 0.3) is 0 Å². The van der Waals surface area contributed by atoms with Crippen molar-refractivity contribution >= 4 is 5.78 Å². The van der Waals surface area contributed by atoms with Crippen LogP contribution >= 0.6 is 0 Å². The van der Waals surface area contributed by atoms with E-state index in [1.54, 1.807) is 0 Å². The summed E-state index contributed by atoms with van der Waals surface area (Å²) in [4.78, 5) is 12.4. The molecule has 0 N–H and O–H groups in total. The summed E-state index contributed by atoms with van der Waals surface area (Å²) >= 11 is 0. The van der Waals surface area contributed by atoms with E-state index in [0.717, 1.165) is 35.1 Å². The third kappa shape index (κ3) is 2.04. The van der Waals surface area contributed by atoms with Crippen LogP contribution in [0.2, 0.25) is 0 Å². The number of carbonyl (C=O) groups excluding carboxylic acids is 1. The van der Waals surface area contributed by atoms with Crippen molar-refractivity contribution in [1.29, 1.82) is 0 Å². The second-order valence-electron chi connectivity index (χ2n) is 5.30. The molecule has 1 nitrogen and oxygen atoms in total. The number of ketones is 1. The average Bonchev–Trinajstić information content (AvgIpc) is 2.16. The molecule has 1 rings (SSSR count). The number of allylic oxidation sites excluding steroid dienone is 5. The Bertz CT molecular complexity index is 388. The van der Waals surface area contributed by atoms with Gasteiger partial charge in [-0.3, -0.25) is 4.79 Å². The molecule has 0 aromatic rings. The van der Waals surface area contributed by atoms with Gasteiger partial charge in [0.1, 0.15) is 0 Å². The van der Waals surface area contributed by atoms with Crippen LogP contribution in [0.4, 0.5) is 0 Å². The summed E-state index contributed by atoms with van der Waals surface area (Å²) in [6, 6.07) is 0. The van der Waals surface area contributed by atoms with Crippen molar-refractivity contribution < 1.29 is 4.79 Å². The molecule has 0 spiro atoms. The molecule has 1 fully saturated rings. The van der Waals surface area contributed by atoms with E-state index in [1.165, 1.54) is 0 Å². The van der Waals surface area contributed by atoms with Gasteiger partial charge in [0.25, 0.3) is 0 Å². The van der Waals surface area contributed by atoms with Crippen molar-refractivity contribution in [3.05, 3.63) is 34.9 Å². The molecule has 16 heavy (non-hydrogen) atoms. The zero-order valence-electron chi connectivity index (χ0n) is 11.1. The summed E-state index contributed by atoms with van der Waals surface area (Å²) in [5.74, 6) is 0.230. The summed E-state index contributed by atoms with van der Waals surface area (Å²) in [7, 11) is 0. The molecule has 0 radical (unpaired) electrons. The van der Waals surface area contributed by atoms with Gasteiger partial charge >= 0.3 is 0 Å². The second kappa shape index (κ2) is 4.40. The van der Waals surface area contributed by atoms with Crippen molar-refractivity contribution in [2.45, 2.75) is 47.5 Å². The first kappa shape index (κ1) is 13.0. The van der Waals surface area contributed by atoms with Crippen LogP contribution in [0, 0.1) is 5.41 Å². The Morgan fingerprint density at radius 3 is 2.19 bits per heavy atom. The van der Waals surface area contributed by atoms with Gasteiger partial charge in [0, 0.05) is 11.0 Å². The fourth-order valence-corrected chi connectivity index (χ4v) is 2.51. The SMILES string of the molecule is C=C[C@]1(C)CCC(=C(C)C)C(=O)C1=C(C)C. The number of hydrogen-bond acceptors (Lipinski definition) is 1. The third-order valence-electron chi connectivity index (χ3n) is 3.52. The lowest BCUT2D eigenvalue weighted by atomic mass is 9.67. The quantitative estimate of drug-likeness (QED) is 0.476. The van der Waals surface area contributed by atoms with Gasteiger partial charge in [-0.15, -0.1) is 6.58 Å². The Morgan fingerprint density at radius 1 is 1.25 bits per heavy atom. The summed E-state index contributed by atoms with van der Waals surface area (Å²) < 4.78 is 0. The van der Waals surface area contributed by atoms with Crippen molar-refractivity contribution in [2.24, 2.45) is 5.41 Å². The Hall–Kier alpha value is -1.11. The first-order valence-corrected chi connectivity index (χ1v) is 5.86. The molecule has 0 amide bonds. The van der Waals surface area contributed by atoms with Crippen LogP contribution in [0.1, 0.15) is 47.5 Å². The molecule has 1 aliphatic rings. The minimum absolute atomic E-state index is 0.144. The highest BCUT2D eigenvalue weighted by Crippen LogP contribution is 2.43. The van der Waals surface area contributed by atoms with E-state index in [4.69, 9.17) is 0 Å². The van der Waals surface area contributed by atoms with E-state index in [2.05, 4.69) is 13.5 Å². The molecular formula is C15H22O. The van der Waals surface area contributed by atoms with Gasteiger partial charge in [0.05, 0.1) is 0 Å². The van der Waals surface area contributed by atoms with Crippen molar-refractivity contribution in [3.63, 3.8) is 0 Å². The van der Waals surface area contributed by atoms with Crippen LogP contribution in [0.3, 0.4) is 0 Å². The first-order valence-electron chi connectivity index (χ1n) is 5.86. The first-order chi connectivity index (χ1) is 7.33. The number of carbonyl (C=O) groups is 1. The highest BCUT2D eigenvalue weighted by Gasteiger charge is 2.37. The third-order valence-corrected chi connectivity index (χ3v) is 3.52. The number of hydrogen-bond donors (Lipinski definition) is 0. The summed E-state index contributed by atoms with van der Waals surface area (Å²) in [6.07, 6.45) is 3.79. The van der Waals surface area contributed by atoms with E-state index in [1.807, 2.05) is 33.8 Å². The summed E-state index contributed by atoms with van der Waals surface area (Å²) in [5, 5.41) is 0. The molecule has 0 unspecified atom stereocenters. The summed E-state index contributed by atoms with van der Waals surface area (Å²) in [6.45, 7) is 14.1. The fraction of sp³-hybridized carbons (Fsp3) is 0.533.